The molecule has 0 aliphatic carbocycles. The van der Waals surface area contributed by atoms with E-state index in [9.17, 15) is 0 Å². The second-order valence-corrected chi connectivity index (χ2v) is 3.80. The fourth-order valence-electron chi connectivity index (χ4n) is 0.456. The lowest BCUT2D eigenvalue weighted by molar-refractivity contribution is 0.933. The lowest BCUT2D eigenvalue weighted by Crippen LogP contribution is -2.20. The highest BCUT2D eigenvalue weighted by atomic mass is 32.2. The summed E-state index contributed by atoms with van der Waals surface area (Å²) < 4.78 is 0.372. The minimum atomic E-state index is 0.372. The number of aliphatic imine (C=N–C) groups is 1. The molecule has 0 atom stereocenters. The van der Waals surface area contributed by atoms with Crippen LogP contribution in [0.1, 0.15) is 0 Å². The van der Waals surface area contributed by atoms with E-state index in [0.717, 1.165) is 11.8 Å². The first-order valence-corrected chi connectivity index (χ1v) is 4.43. The maximum atomic E-state index is 3.88. The smallest absolute Gasteiger partial charge is 0.143 e. The minimum absolute atomic E-state index is 0.372. The van der Waals surface area contributed by atoms with Crippen molar-refractivity contribution in [2.75, 3.05) is 11.8 Å². The van der Waals surface area contributed by atoms with Crippen molar-refractivity contribution in [2.45, 2.75) is 4.71 Å². The van der Waals surface area contributed by atoms with Crippen LogP contribution in [0, 0.1) is 0 Å². The average Bonchev–Trinajstić information content (AvgIpc) is 1.90. The van der Waals surface area contributed by atoms with Crippen molar-refractivity contribution in [1.82, 2.24) is 5.32 Å². The molecule has 8 heavy (non-hydrogen) atoms. The molecule has 1 aliphatic rings. The normalized spacial score (nSPS) is 23.0. The van der Waals surface area contributed by atoms with E-state index >= 15 is 0 Å². The number of nitrogens with one attached hydrogen (secondary N) is 1. The van der Waals surface area contributed by atoms with Crippen molar-refractivity contribution in [1.29, 1.82) is 0 Å². The van der Waals surface area contributed by atoms with Crippen LogP contribution in [0.25, 0.3) is 0 Å². The summed E-state index contributed by atoms with van der Waals surface area (Å²) in [4.78, 5) is 3.88. The van der Waals surface area contributed by atoms with Crippen LogP contribution in [0.15, 0.2) is 4.99 Å². The Morgan fingerprint density at radius 1 is 1.50 bits per heavy atom. The van der Waals surface area contributed by atoms with Crippen LogP contribution in [0.5, 0.6) is 0 Å². The first-order chi connectivity index (χ1) is 3.93. The first-order valence-electron chi connectivity index (χ1n) is 2.33. The Labute approximate surface area is 57.5 Å². The number of hydrogen-bond acceptors (Lipinski definition) is 4. The topological polar surface area (TPSA) is 24.4 Å². The summed E-state index contributed by atoms with van der Waals surface area (Å²) in [5.74, 6) is 2.02. The molecule has 0 bridgehead atoms. The van der Waals surface area contributed by atoms with Gasteiger partial charge in [-0.3, -0.25) is 10.3 Å². The minimum Gasteiger partial charge on any atom is -0.299 e. The quantitative estimate of drug-likeness (QED) is 0.560. The third kappa shape index (κ3) is 1.69. The first kappa shape index (κ1) is 6.45. The zero-order chi connectivity index (χ0) is 5.82. The van der Waals surface area contributed by atoms with Crippen LogP contribution in [0.4, 0.5) is 0 Å². The maximum absolute atomic E-state index is 3.88. The molecule has 0 aromatic carbocycles. The predicted molar refractivity (Wildman–Crippen MR) is 41.4 cm³/mol. The molecule has 0 radical (unpaired) electrons. The summed E-state index contributed by atoms with van der Waals surface area (Å²) in [5, 5.41) is 3.19. The molecule has 1 N–H and O–H groups in total. The van der Waals surface area contributed by atoms with E-state index in [1.807, 2.05) is 0 Å². The molecule has 0 aromatic rings. The number of nitrogens with zero attached hydrogens (tertiary/aromatic N) is 1. The monoisotopic (exact) mass is 148 g/mol. The standard InChI is InChI=1S/C4H8N2S2/c1-5-4-7-2-6-3-8-4/h4,6H,1-3H2. The molecule has 0 aromatic heterocycles. The lowest BCUT2D eigenvalue weighted by atomic mass is 11.2. The number of thioether (sulfide) groups is 2. The fraction of sp³-hybridized carbons (Fsp3) is 0.750. The highest BCUT2D eigenvalue weighted by molar-refractivity contribution is 8.17. The van der Waals surface area contributed by atoms with Gasteiger partial charge in [0.2, 0.25) is 0 Å². The van der Waals surface area contributed by atoms with E-state index < -0.39 is 0 Å². The van der Waals surface area contributed by atoms with Crippen molar-refractivity contribution in [2.24, 2.45) is 4.99 Å². The Morgan fingerprint density at radius 2 is 2.12 bits per heavy atom. The highest BCUT2D eigenvalue weighted by Gasteiger charge is 2.09. The van der Waals surface area contributed by atoms with E-state index in [0.29, 0.717) is 4.71 Å². The van der Waals surface area contributed by atoms with Gasteiger partial charge < -0.3 is 0 Å². The van der Waals surface area contributed by atoms with Gasteiger partial charge in [-0.25, -0.2) is 0 Å². The molecule has 0 amide bonds. The third-order valence-electron chi connectivity index (χ3n) is 0.805. The Balaban J connectivity index is 2.22. The Morgan fingerprint density at radius 3 is 2.50 bits per heavy atom. The van der Waals surface area contributed by atoms with Crippen molar-refractivity contribution in [3.63, 3.8) is 0 Å². The average molecular weight is 148 g/mol. The van der Waals surface area contributed by atoms with Gasteiger partial charge in [-0.05, 0) is 6.72 Å². The summed E-state index contributed by atoms with van der Waals surface area (Å²) in [6, 6.07) is 0. The number of rotatable bonds is 1. The van der Waals surface area contributed by atoms with Crippen LogP contribution in [-0.4, -0.2) is 23.2 Å². The Bertz CT molecular complexity index is 80.1. The van der Waals surface area contributed by atoms with Crippen LogP contribution in [-0.2, 0) is 0 Å². The summed E-state index contributed by atoms with van der Waals surface area (Å²) in [6.45, 7) is 3.46. The van der Waals surface area contributed by atoms with Crippen molar-refractivity contribution in [3.05, 3.63) is 0 Å². The molecular weight excluding hydrogens is 140 g/mol. The van der Waals surface area contributed by atoms with E-state index in [1.165, 1.54) is 0 Å². The van der Waals surface area contributed by atoms with E-state index in [2.05, 4.69) is 17.0 Å². The second kappa shape index (κ2) is 3.37. The third-order valence-corrected chi connectivity index (χ3v) is 3.23. The van der Waals surface area contributed by atoms with Gasteiger partial charge in [-0.15, -0.1) is 23.5 Å². The summed E-state index contributed by atoms with van der Waals surface area (Å²) in [7, 11) is 0. The maximum Gasteiger partial charge on any atom is 0.143 e. The zero-order valence-corrected chi connectivity index (χ0v) is 6.10. The number of hydrogen-bond donors (Lipinski definition) is 1. The van der Waals surface area contributed by atoms with Gasteiger partial charge in [-0.2, -0.15) is 0 Å². The van der Waals surface area contributed by atoms with Crippen LogP contribution < -0.4 is 5.32 Å². The Hall–Kier alpha value is 0.330. The summed E-state index contributed by atoms with van der Waals surface area (Å²) >= 11 is 3.57. The molecule has 0 saturated carbocycles. The molecule has 0 spiro atoms. The van der Waals surface area contributed by atoms with Gasteiger partial charge in [0.15, 0.2) is 0 Å². The second-order valence-electron chi connectivity index (χ2n) is 1.36. The van der Waals surface area contributed by atoms with E-state index in [1.54, 1.807) is 23.5 Å². The zero-order valence-electron chi connectivity index (χ0n) is 4.46. The molecule has 1 aliphatic heterocycles. The predicted octanol–water partition coefficient (Wildman–Crippen LogP) is 0.955. The highest BCUT2D eigenvalue weighted by Crippen LogP contribution is 2.25. The van der Waals surface area contributed by atoms with Crippen LogP contribution in [0.3, 0.4) is 0 Å². The summed E-state index contributed by atoms with van der Waals surface area (Å²) in [6.07, 6.45) is 0. The fourth-order valence-corrected chi connectivity index (χ4v) is 2.31. The van der Waals surface area contributed by atoms with Gasteiger partial charge in [0.25, 0.3) is 0 Å². The largest absolute Gasteiger partial charge is 0.299 e. The molecule has 2 nitrogen and oxygen atoms in total. The van der Waals surface area contributed by atoms with Crippen LogP contribution >= 0.6 is 23.5 Å². The van der Waals surface area contributed by atoms with Crippen molar-refractivity contribution in [3.8, 4) is 0 Å². The van der Waals surface area contributed by atoms with Gasteiger partial charge in [-0.1, -0.05) is 0 Å². The van der Waals surface area contributed by atoms with Gasteiger partial charge in [0, 0.05) is 11.8 Å². The van der Waals surface area contributed by atoms with E-state index in [4.69, 9.17) is 0 Å². The molecule has 1 heterocycles. The molecule has 1 saturated heterocycles. The van der Waals surface area contributed by atoms with Gasteiger partial charge >= 0.3 is 0 Å². The van der Waals surface area contributed by atoms with Gasteiger partial charge in [0.1, 0.15) is 4.71 Å². The lowest BCUT2D eigenvalue weighted by Gasteiger charge is -2.16. The van der Waals surface area contributed by atoms with Crippen molar-refractivity contribution < 1.29 is 0 Å². The molecule has 1 fully saturated rings. The molecular formula is C4H8N2S2. The summed E-state index contributed by atoms with van der Waals surface area (Å²) in [5.41, 5.74) is 0. The van der Waals surface area contributed by atoms with E-state index in [-0.39, 0.29) is 0 Å². The molecule has 4 heteroatoms. The molecule has 1 rings (SSSR count). The van der Waals surface area contributed by atoms with Crippen LogP contribution in [0.2, 0.25) is 0 Å². The molecule has 46 valence electrons. The molecule has 0 unspecified atom stereocenters. The van der Waals surface area contributed by atoms with Crippen molar-refractivity contribution >= 4 is 30.2 Å². The van der Waals surface area contributed by atoms with Gasteiger partial charge in [0.05, 0.1) is 0 Å². The Kier molecular flexibility index (Phi) is 2.72. The SMILES string of the molecule is C=NC1SCNCS1.